The molecule has 0 aromatic heterocycles. The van der Waals surface area contributed by atoms with Crippen LogP contribution in [0.25, 0.3) is 0 Å². The molecule has 2 atom stereocenters. The molecule has 0 amide bonds. The molecular weight excluding hydrogens is 216 g/mol. The van der Waals surface area contributed by atoms with Crippen molar-refractivity contribution in [1.29, 1.82) is 0 Å². The van der Waals surface area contributed by atoms with E-state index in [0.717, 1.165) is 19.4 Å². The SMILES string of the molecule is O=S1(=O)CCC(C2(CO)CCCOC2)C1. The van der Waals surface area contributed by atoms with Crippen LogP contribution in [0.2, 0.25) is 0 Å². The number of hydrogen-bond donors (Lipinski definition) is 1. The minimum Gasteiger partial charge on any atom is -0.396 e. The molecule has 2 unspecified atom stereocenters. The number of hydrogen-bond acceptors (Lipinski definition) is 4. The highest BCUT2D eigenvalue weighted by Gasteiger charge is 2.45. The third-order valence-corrected chi connectivity index (χ3v) is 5.53. The molecule has 0 aliphatic carbocycles. The lowest BCUT2D eigenvalue weighted by Gasteiger charge is -2.39. The quantitative estimate of drug-likeness (QED) is 0.742. The van der Waals surface area contributed by atoms with Crippen molar-refractivity contribution >= 4 is 9.84 Å². The Labute approximate surface area is 90.5 Å². The standard InChI is InChI=1S/C10H18O4S/c11-7-10(3-1-4-14-8-10)9-2-5-15(12,13)6-9/h9,11H,1-8H2. The summed E-state index contributed by atoms with van der Waals surface area (Å²) in [6, 6.07) is 0. The zero-order valence-corrected chi connectivity index (χ0v) is 9.63. The highest BCUT2D eigenvalue weighted by Crippen LogP contribution is 2.41. The van der Waals surface area contributed by atoms with Crippen molar-refractivity contribution in [3.63, 3.8) is 0 Å². The van der Waals surface area contributed by atoms with Gasteiger partial charge in [0.15, 0.2) is 9.84 Å². The van der Waals surface area contributed by atoms with E-state index in [2.05, 4.69) is 0 Å². The van der Waals surface area contributed by atoms with Crippen molar-refractivity contribution < 1.29 is 18.3 Å². The van der Waals surface area contributed by atoms with E-state index in [1.165, 1.54) is 0 Å². The molecule has 0 aromatic carbocycles. The van der Waals surface area contributed by atoms with Gasteiger partial charge < -0.3 is 9.84 Å². The highest BCUT2D eigenvalue weighted by atomic mass is 32.2. The summed E-state index contributed by atoms with van der Waals surface area (Å²) in [4.78, 5) is 0. The minimum absolute atomic E-state index is 0.0488. The van der Waals surface area contributed by atoms with Crippen LogP contribution < -0.4 is 0 Å². The van der Waals surface area contributed by atoms with Gasteiger partial charge in [-0.05, 0) is 25.2 Å². The number of rotatable bonds is 2. The van der Waals surface area contributed by atoms with Crippen molar-refractivity contribution in [3.8, 4) is 0 Å². The van der Waals surface area contributed by atoms with Crippen molar-refractivity contribution in [2.24, 2.45) is 11.3 Å². The molecule has 1 N–H and O–H groups in total. The maximum absolute atomic E-state index is 11.4. The summed E-state index contributed by atoms with van der Waals surface area (Å²) in [6.07, 6.45) is 2.51. The van der Waals surface area contributed by atoms with Crippen molar-refractivity contribution in [3.05, 3.63) is 0 Å². The second kappa shape index (κ2) is 4.03. The van der Waals surface area contributed by atoms with Crippen LogP contribution in [-0.2, 0) is 14.6 Å². The first-order valence-corrected chi connectivity index (χ1v) is 7.29. The van der Waals surface area contributed by atoms with Crippen LogP contribution in [0.1, 0.15) is 19.3 Å². The fourth-order valence-electron chi connectivity index (χ4n) is 2.73. The topological polar surface area (TPSA) is 63.6 Å². The summed E-state index contributed by atoms with van der Waals surface area (Å²) < 4.78 is 28.2. The molecule has 2 rings (SSSR count). The van der Waals surface area contributed by atoms with E-state index in [1.54, 1.807) is 0 Å². The van der Waals surface area contributed by atoms with Gasteiger partial charge in [-0.15, -0.1) is 0 Å². The van der Waals surface area contributed by atoms with E-state index in [0.29, 0.717) is 13.0 Å². The number of sulfone groups is 1. The third kappa shape index (κ3) is 2.19. The van der Waals surface area contributed by atoms with Gasteiger partial charge in [0.2, 0.25) is 0 Å². The first kappa shape index (κ1) is 11.4. The monoisotopic (exact) mass is 234 g/mol. The van der Waals surface area contributed by atoms with Gasteiger partial charge in [0.1, 0.15) is 0 Å². The molecule has 0 aromatic rings. The minimum atomic E-state index is -2.86. The molecule has 0 bridgehead atoms. The Morgan fingerprint density at radius 2 is 2.27 bits per heavy atom. The van der Waals surface area contributed by atoms with Crippen LogP contribution in [0.3, 0.4) is 0 Å². The smallest absolute Gasteiger partial charge is 0.150 e. The molecule has 2 fully saturated rings. The van der Waals surface area contributed by atoms with E-state index in [9.17, 15) is 13.5 Å². The molecule has 0 radical (unpaired) electrons. The molecule has 2 aliphatic heterocycles. The molecule has 2 aliphatic rings. The van der Waals surface area contributed by atoms with Gasteiger partial charge in [-0.25, -0.2) is 8.42 Å². The predicted octanol–water partition coefficient (Wildman–Crippen LogP) is 0.210. The molecule has 88 valence electrons. The molecule has 2 saturated heterocycles. The van der Waals surface area contributed by atoms with Gasteiger partial charge in [0.25, 0.3) is 0 Å². The van der Waals surface area contributed by atoms with Crippen LogP contribution in [-0.4, -0.2) is 44.9 Å². The summed E-state index contributed by atoms with van der Waals surface area (Å²) in [7, 11) is -2.86. The largest absolute Gasteiger partial charge is 0.396 e. The van der Waals surface area contributed by atoms with Gasteiger partial charge in [-0.1, -0.05) is 0 Å². The number of aliphatic hydroxyl groups is 1. The zero-order chi connectivity index (χ0) is 10.9. The Morgan fingerprint density at radius 3 is 2.73 bits per heavy atom. The molecule has 0 spiro atoms. The number of ether oxygens (including phenoxy) is 1. The van der Waals surface area contributed by atoms with Gasteiger partial charge in [0.05, 0.1) is 24.7 Å². The Bertz CT molecular complexity index is 316. The molecular formula is C10H18O4S. The molecule has 5 heteroatoms. The Balaban J connectivity index is 2.13. The lowest BCUT2D eigenvalue weighted by atomic mass is 9.72. The molecule has 15 heavy (non-hydrogen) atoms. The molecule has 4 nitrogen and oxygen atoms in total. The van der Waals surface area contributed by atoms with E-state index in [4.69, 9.17) is 4.74 Å². The first-order chi connectivity index (χ1) is 7.08. The first-order valence-electron chi connectivity index (χ1n) is 5.47. The van der Waals surface area contributed by atoms with Crippen LogP contribution in [0.15, 0.2) is 0 Å². The lowest BCUT2D eigenvalue weighted by Crippen LogP contribution is -2.42. The average Bonchev–Trinajstić information content (AvgIpc) is 2.60. The Hall–Kier alpha value is -0.130. The third-order valence-electron chi connectivity index (χ3n) is 3.77. The van der Waals surface area contributed by atoms with Crippen molar-refractivity contribution in [1.82, 2.24) is 0 Å². The summed E-state index contributed by atoms with van der Waals surface area (Å²) in [5.41, 5.74) is -0.290. The van der Waals surface area contributed by atoms with E-state index >= 15 is 0 Å². The normalized spacial score (nSPS) is 40.5. The molecule has 0 saturated carbocycles. The van der Waals surface area contributed by atoms with Crippen LogP contribution in [0.4, 0.5) is 0 Å². The van der Waals surface area contributed by atoms with Gasteiger partial charge in [-0.3, -0.25) is 0 Å². The van der Waals surface area contributed by atoms with Gasteiger partial charge in [-0.2, -0.15) is 0 Å². The summed E-state index contributed by atoms with van der Waals surface area (Å²) in [5.74, 6) is 0.601. The lowest BCUT2D eigenvalue weighted by molar-refractivity contribution is -0.0665. The maximum Gasteiger partial charge on any atom is 0.150 e. The summed E-state index contributed by atoms with van der Waals surface area (Å²) in [5, 5.41) is 9.50. The van der Waals surface area contributed by atoms with E-state index in [-0.39, 0.29) is 29.4 Å². The summed E-state index contributed by atoms with van der Waals surface area (Å²) in [6.45, 7) is 1.30. The predicted molar refractivity (Wildman–Crippen MR) is 56.3 cm³/mol. The van der Waals surface area contributed by atoms with Crippen molar-refractivity contribution in [2.45, 2.75) is 19.3 Å². The molecule has 2 heterocycles. The fraction of sp³-hybridized carbons (Fsp3) is 1.00. The Morgan fingerprint density at radius 1 is 1.47 bits per heavy atom. The fourth-order valence-corrected chi connectivity index (χ4v) is 4.67. The van der Waals surface area contributed by atoms with Crippen LogP contribution >= 0.6 is 0 Å². The summed E-state index contributed by atoms with van der Waals surface area (Å²) >= 11 is 0. The second-order valence-corrected chi connectivity index (χ2v) is 7.01. The van der Waals surface area contributed by atoms with E-state index < -0.39 is 9.84 Å². The van der Waals surface area contributed by atoms with Gasteiger partial charge in [0, 0.05) is 12.0 Å². The van der Waals surface area contributed by atoms with Crippen LogP contribution in [0.5, 0.6) is 0 Å². The van der Waals surface area contributed by atoms with Crippen LogP contribution in [0, 0.1) is 11.3 Å². The zero-order valence-electron chi connectivity index (χ0n) is 8.81. The number of aliphatic hydroxyl groups excluding tert-OH is 1. The average molecular weight is 234 g/mol. The van der Waals surface area contributed by atoms with Gasteiger partial charge >= 0.3 is 0 Å². The Kier molecular flexibility index (Phi) is 3.05. The second-order valence-electron chi connectivity index (χ2n) is 4.78. The van der Waals surface area contributed by atoms with Crippen molar-refractivity contribution in [2.75, 3.05) is 31.3 Å². The maximum atomic E-state index is 11.4. The highest BCUT2D eigenvalue weighted by molar-refractivity contribution is 7.91. The van der Waals surface area contributed by atoms with E-state index in [1.807, 2.05) is 0 Å².